The third-order valence-corrected chi connectivity index (χ3v) is 4.20. The Bertz CT molecular complexity index is 738. The summed E-state index contributed by atoms with van der Waals surface area (Å²) in [5.74, 6) is -0.384. The van der Waals surface area contributed by atoms with Crippen molar-refractivity contribution in [2.45, 2.75) is 6.10 Å². The summed E-state index contributed by atoms with van der Waals surface area (Å²) in [6, 6.07) is 9.55. The zero-order chi connectivity index (χ0) is 15.1. The summed E-state index contributed by atoms with van der Waals surface area (Å²) in [6.07, 6.45) is -1.03. The molecule has 108 valence electrons. The van der Waals surface area contributed by atoms with Gasteiger partial charge in [-0.2, -0.15) is 0 Å². The Morgan fingerprint density at radius 1 is 1.33 bits per heavy atom. The van der Waals surface area contributed by atoms with E-state index in [0.717, 1.165) is 0 Å². The SMILES string of the molecule is CN1C(=O)C(c2ccc(Cl)cc2F)Oc2c(Br)cccc21. The summed E-state index contributed by atoms with van der Waals surface area (Å²) in [4.78, 5) is 13.9. The van der Waals surface area contributed by atoms with E-state index in [2.05, 4.69) is 15.9 Å². The van der Waals surface area contributed by atoms with Crippen molar-refractivity contribution < 1.29 is 13.9 Å². The number of carbonyl (C=O) groups excluding carboxylic acids is 1. The molecule has 1 atom stereocenters. The molecule has 1 amide bonds. The Labute approximate surface area is 134 Å². The first kappa shape index (κ1) is 14.4. The van der Waals surface area contributed by atoms with Crippen molar-refractivity contribution >= 4 is 39.1 Å². The average molecular weight is 371 g/mol. The topological polar surface area (TPSA) is 29.5 Å². The number of hydrogen-bond acceptors (Lipinski definition) is 2. The van der Waals surface area contributed by atoms with Crippen LogP contribution in [0.2, 0.25) is 5.02 Å². The molecular weight excluding hydrogens is 361 g/mol. The maximum Gasteiger partial charge on any atom is 0.272 e. The molecule has 2 aromatic carbocycles. The molecule has 1 heterocycles. The van der Waals surface area contributed by atoms with Gasteiger partial charge in [-0.1, -0.05) is 23.7 Å². The highest BCUT2D eigenvalue weighted by Gasteiger charge is 2.36. The number of carbonyl (C=O) groups is 1. The molecule has 0 N–H and O–H groups in total. The molecule has 0 aliphatic carbocycles. The van der Waals surface area contributed by atoms with Crippen LogP contribution in [0.25, 0.3) is 0 Å². The molecule has 1 aliphatic rings. The Morgan fingerprint density at radius 3 is 2.81 bits per heavy atom. The predicted octanol–water partition coefficient (Wildman–Crippen LogP) is 4.34. The maximum atomic E-state index is 14.1. The minimum absolute atomic E-state index is 0.164. The van der Waals surface area contributed by atoms with Crippen LogP contribution in [0, 0.1) is 5.82 Å². The van der Waals surface area contributed by atoms with Crippen LogP contribution in [0.3, 0.4) is 0 Å². The number of hydrogen-bond donors (Lipinski definition) is 0. The molecule has 1 aliphatic heterocycles. The molecule has 0 fully saturated rings. The van der Waals surface area contributed by atoms with Crippen LogP contribution in [0.1, 0.15) is 11.7 Å². The monoisotopic (exact) mass is 369 g/mol. The summed E-state index contributed by atoms with van der Waals surface area (Å²) >= 11 is 9.13. The second-order valence-corrected chi connectivity index (χ2v) is 5.94. The standard InChI is InChI=1S/C15H10BrClFNO2/c1-19-12-4-2-3-10(16)14(12)21-13(15(19)20)9-6-5-8(17)7-11(9)18/h2-7,13H,1H3. The van der Waals surface area contributed by atoms with E-state index in [0.29, 0.717) is 15.9 Å². The van der Waals surface area contributed by atoms with E-state index >= 15 is 0 Å². The highest BCUT2D eigenvalue weighted by molar-refractivity contribution is 9.10. The molecule has 0 aromatic heterocycles. The van der Waals surface area contributed by atoms with Crippen LogP contribution in [0.5, 0.6) is 5.75 Å². The lowest BCUT2D eigenvalue weighted by Gasteiger charge is -2.32. The van der Waals surface area contributed by atoms with Crippen molar-refractivity contribution in [2.75, 3.05) is 11.9 Å². The van der Waals surface area contributed by atoms with Crippen molar-refractivity contribution in [3.05, 3.63) is 57.3 Å². The van der Waals surface area contributed by atoms with Gasteiger partial charge in [-0.15, -0.1) is 0 Å². The summed E-state index contributed by atoms with van der Waals surface area (Å²) in [5, 5.41) is 0.273. The average Bonchev–Trinajstić information content (AvgIpc) is 2.44. The number of para-hydroxylation sites is 1. The van der Waals surface area contributed by atoms with Gasteiger partial charge in [-0.25, -0.2) is 4.39 Å². The lowest BCUT2D eigenvalue weighted by atomic mass is 10.1. The normalized spacial score (nSPS) is 17.4. The van der Waals surface area contributed by atoms with Gasteiger partial charge in [0.05, 0.1) is 10.2 Å². The molecule has 0 saturated heterocycles. The number of rotatable bonds is 1. The minimum atomic E-state index is -1.03. The van der Waals surface area contributed by atoms with Crippen molar-refractivity contribution in [2.24, 2.45) is 0 Å². The van der Waals surface area contributed by atoms with E-state index in [-0.39, 0.29) is 16.5 Å². The summed E-state index contributed by atoms with van der Waals surface area (Å²) < 4.78 is 20.5. The second kappa shape index (κ2) is 5.31. The predicted molar refractivity (Wildman–Crippen MR) is 82.3 cm³/mol. The highest BCUT2D eigenvalue weighted by Crippen LogP contribution is 2.43. The highest BCUT2D eigenvalue weighted by atomic mass is 79.9. The van der Waals surface area contributed by atoms with Crippen molar-refractivity contribution in [3.8, 4) is 5.75 Å². The first-order valence-electron chi connectivity index (χ1n) is 6.16. The molecule has 0 spiro atoms. The first-order valence-corrected chi connectivity index (χ1v) is 7.34. The fourth-order valence-electron chi connectivity index (χ4n) is 2.25. The second-order valence-electron chi connectivity index (χ2n) is 4.65. The molecule has 1 unspecified atom stereocenters. The van der Waals surface area contributed by atoms with Gasteiger partial charge in [0.25, 0.3) is 5.91 Å². The number of anilines is 1. The van der Waals surface area contributed by atoms with Gasteiger partial charge in [0.15, 0.2) is 5.75 Å². The Kier molecular flexibility index (Phi) is 3.63. The van der Waals surface area contributed by atoms with Crippen molar-refractivity contribution in [3.63, 3.8) is 0 Å². The van der Waals surface area contributed by atoms with E-state index in [9.17, 15) is 9.18 Å². The molecular formula is C15H10BrClFNO2. The largest absolute Gasteiger partial charge is 0.472 e. The number of nitrogens with zero attached hydrogens (tertiary/aromatic N) is 1. The minimum Gasteiger partial charge on any atom is -0.472 e. The van der Waals surface area contributed by atoms with E-state index in [1.807, 2.05) is 0 Å². The Hall–Kier alpha value is -1.59. The van der Waals surface area contributed by atoms with Crippen LogP contribution >= 0.6 is 27.5 Å². The number of benzene rings is 2. The van der Waals surface area contributed by atoms with E-state index in [1.54, 1.807) is 25.2 Å². The smallest absolute Gasteiger partial charge is 0.272 e. The van der Waals surface area contributed by atoms with Gasteiger partial charge in [0.2, 0.25) is 6.10 Å². The molecule has 21 heavy (non-hydrogen) atoms. The zero-order valence-corrected chi connectivity index (χ0v) is 13.3. The van der Waals surface area contributed by atoms with Gasteiger partial charge in [-0.05, 0) is 40.2 Å². The lowest BCUT2D eigenvalue weighted by molar-refractivity contribution is -0.126. The fraction of sp³-hybridized carbons (Fsp3) is 0.133. The number of halogens is 3. The molecule has 3 rings (SSSR count). The third-order valence-electron chi connectivity index (χ3n) is 3.34. The van der Waals surface area contributed by atoms with E-state index in [1.165, 1.54) is 23.1 Å². The number of ether oxygens (including phenoxy) is 1. The van der Waals surface area contributed by atoms with Gasteiger partial charge in [0, 0.05) is 17.6 Å². The lowest BCUT2D eigenvalue weighted by Crippen LogP contribution is -2.38. The van der Waals surface area contributed by atoms with Gasteiger partial charge >= 0.3 is 0 Å². The third kappa shape index (κ3) is 2.40. The molecule has 0 saturated carbocycles. The molecule has 6 heteroatoms. The molecule has 3 nitrogen and oxygen atoms in total. The van der Waals surface area contributed by atoms with E-state index in [4.69, 9.17) is 16.3 Å². The summed E-state index contributed by atoms with van der Waals surface area (Å²) in [5.41, 5.74) is 0.803. The number of likely N-dealkylation sites (N-methyl/N-ethyl adjacent to an activating group) is 1. The maximum absolute atomic E-state index is 14.1. The van der Waals surface area contributed by atoms with E-state index < -0.39 is 11.9 Å². The van der Waals surface area contributed by atoms with Gasteiger partial charge < -0.3 is 9.64 Å². The zero-order valence-electron chi connectivity index (χ0n) is 10.9. The Morgan fingerprint density at radius 2 is 2.10 bits per heavy atom. The Balaban J connectivity index is 2.10. The van der Waals surface area contributed by atoms with Crippen molar-refractivity contribution in [1.29, 1.82) is 0 Å². The van der Waals surface area contributed by atoms with Gasteiger partial charge in [-0.3, -0.25) is 4.79 Å². The van der Waals surface area contributed by atoms with Crippen LogP contribution in [-0.4, -0.2) is 13.0 Å². The molecule has 0 bridgehead atoms. The number of fused-ring (bicyclic) bond motifs is 1. The fourth-order valence-corrected chi connectivity index (χ4v) is 2.86. The number of amides is 1. The van der Waals surface area contributed by atoms with Crippen molar-refractivity contribution in [1.82, 2.24) is 0 Å². The van der Waals surface area contributed by atoms with Crippen LogP contribution < -0.4 is 9.64 Å². The van der Waals surface area contributed by atoms with Gasteiger partial charge in [0.1, 0.15) is 5.82 Å². The molecule has 2 aromatic rings. The van der Waals surface area contributed by atoms with Crippen LogP contribution in [-0.2, 0) is 4.79 Å². The summed E-state index contributed by atoms with van der Waals surface area (Å²) in [6.45, 7) is 0. The molecule has 0 radical (unpaired) electrons. The van der Waals surface area contributed by atoms with Crippen LogP contribution in [0.15, 0.2) is 40.9 Å². The quantitative estimate of drug-likeness (QED) is 0.747. The summed E-state index contributed by atoms with van der Waals surface area (Å²) in [7, 11) is 1.64. The first-order chi connectivity index (χ1) is 9.99. The van der Waals surface area contributed by atoms with Crippen LogP contribution in [0.4, 0.5) is 10.1 Å².